The zero-order chi connectivity index (χ0) is 21.6. The van der Waals surface area contributed by atoms with Crippen LogP contribution < -0.4 is 10.6 Å². The molecular weight excluding hydrogens is 446 g/mol. The molecule has 3 N–H and O–H groups in total. The molecule has 0 bridgehead atoms. The van der Waals surface area contributed by atoms with Gasteiger partial charge in [-0.15, -0.1) is 0 Å². The van der Waals surface area contributed by atoms with E-state index < -0.39 is 28.7 Å². The Labute approximate surface area is 173 Å². The van der Waals surface area contributed by atoms with Crippen LogP contribution in [0.1, 0.15) is 22.8 Å². The van der Waals surface area contributed by atoms with Crippen molar-refractivity contribution in [2.45, 2.75) is 13.0 Å². The quantitative estimate of drug-likeness (QED) is 0.329. The van der Waals surface area contributed by atoms with Gasteiger partial charge in [0.25, 0.3) is 17.5 Å². The molecule has 0 fully saturated rings. The number of aliphatic carboxylic acids is 1. The number of carbonyl (C=O) groups is 3. The molecule has 29 heavy (non-hydrogen) atoms. The van der Waals surface area contributed by atoms with Crippen LogP contribution in [-0.4, -0.2) is 33.9 Å². The van der Waals surface area contributed by atoms with Crippen LogP contribution in [0.25, 0.3) is 6.08 Å². The summed E-state index contributed by atoms with van der Waals surface area (Å²) >= 11 is 3.25. The number of nitrogens with one attached hydrogen (secondary N) is 2. The van der Waals surface area contributed by atoms with Gasteiger partial charge in [-0.3, -0.25) is 24.5 Å². The first-order valence-electron chi connectivity index (χ1n) is 8.24. The summed E-state index contributed by atoms with van der Waals surface area (Å²) in [6, 6.07) is 10.7. The minimum Gasteiger partial charge on any atom is -0.480 e. The predicted molar refractivity (Wildman–Crippen MR) is 108 cm³/mol. The number of hydrogen-bond donors (Lipinski definition) is 3. The van der Waals surface area contributed by atoms with E-state index in [1.165, 1.54) is 49.4 Å². The lowest BCUT2D eigenvalue weighted by atomic mass is 10.1. The number of hydrogen-bond acceptors (Lipinski definition) is 5. The van der Waals surface area contributed by atoms with Crippen molar-refractivity contribution < 1.29 is 24.4 Å². The van der Waals surface area contributed by atoms with Gasteiger partial charge in [-0.05, 0) is 36.8 Å². The lowest BCUT2D eigenvalue weighted by Crippen LogP contribution is -2.42. The SMILES string of the molecule is CC(NC(=O)/C(=C/c1cccc([N+](=O)[O-])c1)NC(=O)c1cccc(Br)c1)C(=O)O. The standard InChI is InChI=1S/C19H16BrN3O6/c1-11(19(26)27)21-18(25)16(9-12-4-2-7-15(8-12)23(28)29)22-17(24)13-5-3-6-14(20)10-13/h2-11H,1H3,(H,21,25)(H,22,24)(H,26,27)/b16-9-. The van der Waals surface area contributed by atoms with E-state index in [0.29, 0.717) is 4.47 Å². The molecule has 2 rings (SSSR count). The minimum absolute atomic E-state index is 0.198. The Balaban J connectivity index is 2.38. The van der Waals surface area contributed by atoms with Crippen LogP contribution >= 0.6 is 15.9 Å². The van der Waals surface area contributed by atoms with Crippen LogP contribution in [-0.2, 0) is 9.59 Å². The van der Waals surface area contributed by atoms with Crippen molar-refractivity contribution in [3.8, 4) is 0 Å². The molecule has 9 nitrogen and oxygen atoms in total. The second-order valence-electron chi connectivity index (χ2n) is 5.91. The normalized spacial score (nSPS) is 12.0. The summed E-state index contributed by atoms with van der Waals surface area (Å²) in [6.07, 6.45) is 1.23. The Kier molecular flexibility index (Phi) is 7.21. The first-order valence-corrected chi connectivity index (χ1v) is 9.03. The van der Waals surface area contributed by atoms with Gasteiger partial charge >= 0.3 is 5.97 Å². The van der Waals surface area contributed by atoms with Gasteiger partial charge in [-0.25, -0.2) is 0 Å². The summed E-state index contributed by atoms with van der Waals surface area (Å²) in [6.45, 7) is 1.27. The lowest BCUT2D eigenvalue weighted by Gasteiger charge is -2.13. The molecule has 2 aromatic rings. The number of carboxylic acid groups (broad SMARTS) is 1. The van der Waals surface area contributed by atoms with Gasteiger partial charge in [-0.2, -0.15) is 0 Å². The molecule has 0 saturated heterocycles. The van der Waals surface area contributed by atoms with Crippen molar-refractivity contribution in [2.24, 2.45) is 0 Å². The van der Waals surface area contributed by atoms with Gasteiger partial charge < -0.3 is 15.7 Å². The van der Waals surface area contributed by atoms with Crippen molar-refractivity contribution in [1.29, 1.82) is 0 Å². The van der Waals surface area contributed by atoms with Crippen LogP contribution in [0.15, 0.2) is 58.7 Å². The van der Waals surface area contributed by atoms with E-state index in [2.05, 4.69) is 26.6 Å². The molecule has 2 amide bonds. The number of carboxylic acids is 1. The Hall–Kier alpha value is -3.53. The number of nitro groups is 1. The van der Waals surface area contributed by atoms with Crippen molar-refractivity contribution in [3.63, 3.8) is 0 Å². The van der Waals surface area contributed by atoms with Crippen LogP contribution in [0, 0.1) is 10.1 Å². The highest BCUT2D eigenvalue weighted by molar-refractivity contribution is 9.10. The number of benzene rings is 2. The second kappa shape index (κ2) is 9.60. The number of carbonyl (C=O) groups excluding carboxylic acids is 2. The Bertz CT molecular complexity index is 1000. The first-order chi connectivity index (χ1) is 13.7. The first kappa shape index (κ1) is 21.8. The summed E-state index contributed by atoms with van der Waals surface area (Å²) in [5.74, 6) is -2.72. The number of amides is 2. The molecule has 150 valence electrons. The van der Waals surface area contributed by atoms with Crippen molar-refractivity contribution in [3.05, 3.63) is 79.9 Å². The topological polar surface area (TPSA) is 139 Å². The van der Waals surface area contributed by atoms with Gasteiger partial charge in [0.05, 0.1) is 4.92 Å². The fraction of sp³-hybridized carbons (Fsp3) is 0.105. The number of non-ortho nitro benzene ring substituents is 1. The number of nitrogens with zero attached hydrogens (tertiary/aromatic N) is 1. The summed E-state index contributed by atoms with van der Waals surface area (Å²) in [5, 5.41) is 24.6. The monoisotopic (exact) mass is 461 g/mol. The maximum absolute atomic E-state index is 12.5. The molecule has 1 atom stereocenters. The van der Waals surface area contributed by atoms with Crippen LogP contribution in [0.3, 0.4) is 0 Å². The van der Waals surface area contributed by atoms with Crippen LogP contribution in [0.2, 0.25) is 0 Å². The summed E-state index contributed by atoms with van der Waals surface area (Å²) in [4.78, 5) is 46.4. The fourth-order valence-electron chi connectivity index (χ4n) is 2.21. The summed E-state index contributed by atoms with van der Waals surface area (Å²) in [7, 11) is 0. The summed E-state index contributed by atoms with van der Waals surface area (Å²) in [5.41, 5.74) is 0.0737. The van der Waals surface area contributed by atoms with Gasteiger partial charge in [0.15, 0.2) is 0 Å². The highest BCUT2D eigenvalue weighted by atomic mass is 79.9. The van der Waals surface area contributed by atoms with Crippen molar-refractivity contribution >= 4 is 45.5 Å². The molecule has 0 aliphatic carbocycles. The number of rotatable bonds is 7. The molecule has 10 heteroatoms. The van der Waals surface area contributed by atoms with Gasteiger partial charge in [0.2, 0.25) is 0 Å². The maximum Gasteiger partial charge on any atom is 0.325 e. The number of nitro benzene ring substituents is 1. The van der Waals surface area contributed by atoms with Crippen molar-refractivity contribution in [1.82, 2.24) is 10.6 Å². The smallest absolute Gasteiger partial charge is 0.325 e. The zero-order valence-electron chi connectivity index (χ0n) is 15.1. The highest BCUT2D eigenvalue weighted by Crippen LogP contribution is 2.16. The van der Waals surface area contributed by atoms with E-state index in [1.807, 2.05) is 0 Å². The molecule has 1 unspecified atom stereocenters. The fourth-order valence-corrected chi connectivity index (χ4v) is 2.61. The Morgan fingerprint density at radius 1 is 1.17 bits per heavy atom. The minimum atomic E-state index is -1.26. The van der Waals surface area contributed by atoms with E-state index in [4.69, 9.17) is 5.11 Å². The van der Waals surface area contributed by atoms with E-state index in [1.54, 1.807) is 12.1 Å². The molecule has 0 aliphatic heterocycles. The zero-order valence-corrected chi connectivity index (χ0v) is 16.7. The molecule has 0 aromatic heterocycles. The van der Waals surface area contributed by atoms with E-state index in [-0.39, 0.29) is 22.5 Å². The van der Waals surface area contributed by atoms with Gasteiger partial charge in [0.1, 0.15) is 11.7 Å². The molecule has 2 aromatic carbocycles. The average molecular weight is 462 g/mol. The van der Waals surface area contributed by atoms with Crippen LogP contribution in [0.4, 0.5) is 5.69 Å². The lowest BCUT2D eigenvalue weighted by molar-refractivity contribution is -0.384. The Morgan fingerprint density at radius 2 is 1.86 bits per heavy atom. The molecular formula is C19H16BrN3O6. The third-order valence-corrected chi connectivity index (χ3v) is 4.18. The molecule has 0 aliphatic rings. The van der Waals surface area contributed by atoms with Crippen molar-refractivity contribution in [2.75, 3.05) is 0 Å². The molecule has 0 radical (unpaired) electrons. The number of halogens is 1. The highest BCUT2D eigenvalue weighted by Gasteiger charge is 2.20. The van der Waals surface area contributed by atoms with E-state index >= 15 is 0 Å². The second-order valence-corrected chi connectivity index (χ2v) is 6.82. The maximum atomic E-state index is 12.5. The third kappa shape index (κ3) is 6.25. The molecule has 0 heterocycles. The predicted octanol–water partition coefficient (Wildman–Crippen LogP) is 2.72. The molecule has 0 saturated carbocycles. The van der Waals surface area contributed by atoms with Crippen LogP contribution in [0.5, 0.6) is 0 Å². The Morgan fingerprint density at radius 3 is 2.48 bits per heavy atom. The summed E-state index contributed by atoms with van der Waals surface area (Å²) < 4.78 is 0.651. The van der Waals surface area contributed by atoms with E-state index in [0.717, 1.165) is 0 Å². The average Bonchev–Trinajstić information content (AvgIpc) is 2.67. The molecule has 0 spiro atoms. The van der Waals surface area contributed by atoms with Gasteiger partial charge in [0, 0.05) is 22.2 Å². The largest absolute Gasteiger partial charge is 0.480 e. The van der Waals surface area contributed by atoms with E-state index in [9.17, 15) is 24.5 Å². The van der Waals surface area contributed by atoms with Gasteiger partial charge in [-0.1, -0.05) is 34.1 Å². The third-order valence-electron chi connectivity index (χ3n) is 3.69.